The van der Waals surface area contributed by atoms with E-state index in [0.717, 1.165) is 13.0 Å². The second-order valence-electron chi connectivity index (χ2n) is 2.59. The van der Waals surface area contributed by atoms with Gasteiger partial charge in [-0.2, -0.15) is 0 Å². The van der Waals surface area contributed by atoms with E-state index in [2.05, 4.69) is 0 Å². The molecule has 0 N–H and O–H groups in total. The van der Waals surface area contributed by atoms with Gasteiger partial charge in [0.2, 0.25) is 0 Å². The topological polar surface area (TPSA) is 15.8 Å². The largest absolute Gasteiger partial charge is 0.373 e. The van der Waals surface area contributed by atoms with Gasteiger partial charge in [0.1, 0.15) is 0 Å². The first-order valence-electron chi connectivity index (χ1n) is 3.12. The molecule has 0 aromatic carbocycles. The molecule has 1 saturated heterocycles. The van der Waals surface area contributed by atoms with Gasteiger partial charge in [-0.05, 0) is 14.1 Å². The van der Waals surface area contributed by atoms with Gasteiger partial charge >= 0.3 is 0 Å². The van der Waals surface area contributed by atoms with Crippen LogP contribution in [0.15, 0.2) is 0 Å². The van der Waals surface area contributed by atoms with Crippen molar-refractivity contribution in [2.45, 2.75) is 18.0 Å². The Morgan fingerprint density at radius 3 is 2.67 bits per heavy atom. The maximum Gasteiger partial charge on any atom is 0.0871 e. The minimum atomic E-state index is 0.137. The van der Waals surface area contributed by atoms with E-state index in [9.17, 15) is 0 Å². The van der Waals surface area contributed by atoms with Crippen LogP contribution >= 0.6 is 11.6 Å². The fourth-order valence-corrected chi connectivity index (χ4v) is 0.831. The third-order valence-electron chi connectivity index (χ3n) is 1.42. The Morgan fingerprint density at radius 1 is 1.78 bits per heavy atom. The lowest BCUT2D eigenvalue weighted by Crippen LogP contribution is -2.23. The quantitative estimate of drug-likeness (QED) is 0.337. The zero-order chi connectivity index (χ0) is 6.85. The van der Waals surface area contributed by atoms with E-state index in [4.69, 9.17) is 16.3 Å². The van der Waals surface area contributed by atoms with E-state index in [-0.39, 0.29) is 5.50 Å². The summed E-state index contributed by atoms with van der Waals surface area (Å²) in [5, 5.41) is 0. The zero-order valence-corrected chi connectivity index (χ0v) is 6.56. The summed E-state index contributed by atoms with van der Waals surface area (Å²) >= 11 is 5.90. The molecule has 0 amide bonds. The lowest BCUT2D eigenvalue weighted by atomic mass is 10.3. The molecule has 2 unspecified atom stereocenters. The maximum atomic E-state index is 5.90. The highest BCUT2D eigenvalue weighted by Crippen LogP contribution is 2.19. The Morgan fingerprint density at radius 2 is 2.33 bits per heavy atom. The third kappa shape index (κ3) is 2.52. The van der Waals surface area contributed by atoms with E-state index in [1.807, 2.05) is 19.0 Å². The van der Waals surface area contributed by atoms with Crippen LogP contribution < -0.4 is 0 Å². The van der Waals surface area contributed by atoms with Gasteiger partial charge in [-0.15, -0.1) is 11.6 Å². The second-order valence-corrected chi connectivity index (χ2v) is 3.09. The zero-order valence-electron chi connectivity index (χ0n) is 5.80. The molecule has 9 heavy (non-hydrogen) atoms. The number of hydrogen-bond acceptors (Lipinski definition) is 2. The SMILES string of the molecule is CN(C)C(Cl)CC1CO1. The number of hydrogen-bond donors (Lipinski definition) is 0. The van der Waals surface area contributed by atoms with Crippen LogP contribution in [0.3, 0.4) is 0 Å². The fourth-order valence-electron chi connectivity index (χ4n) is 0.632. The van der Waals surface area contributed by atoms with Gasteiger partial charge in [-0.1, -0.05) is 0 Å². The minimum Gasteiger partial charge on any atom is -0.373 e. The molecule has 3 heteroatoms. The van der Waals surface area contributed by atoms with Crippen LogP contribution in [0.25, 0.3) is 0 Å². The van der Waals surface area contributed by atoms with Crippen LogP contribution in [-0.4, -0.2) is 37.2 Å². The van der Waals surface area contributed by atoms with Gasteiger partial charge < -0.3 is 4.74 Å². The summed E-state index contributed by atoms with van der Waals surface area (Å²) < 4.78 is 5.02. The van der Waals surface area contributed by atoms with Crippen molar-refractivity contribution in [1.29, 1.82) is 0 Å². The van der Waals surface area contributed by atoms with Gasteiger partial charge in [0.15, 0.2) is 0 Å². The Kier molecular flexibility index (Phi) is 2.33. The normalized spacial score (nSPS) is 28.7. The molecule has 54 valence electrons. The molecule has 0 aliphatic carbocycles. The first-order valence-corrected chi connectivity index (χ1v) is 3.56. The molecule has 0 bridgehead atoms. The van der Waals surface area contributed by atoms with Crippen molar-refractivity contribution in [2.24, 2.45) is 0 Å². The van der Waals surface area contributed by atoms with Crippen LogP contribution in [-0.2, 0) is 4.74 Å². The number of rotatable bonds is 3. The average Bonchev–Trinajstić information content (AvgIpc) is 2.50. The van der Waals surface area contributed by atoms with E-state index in [0.29, 0.717) is 6.10 Å². The van der Waals surface area contributed by atoms with Crippen LogP contribution in [0.4, 0.5) is 0 Å². The van der Waals surface area contributed by atoms with Gasteiger partial charge in [0.05, 0.1) is 18.2 Å². The molecule has 2 atom stereocenters. The first-order chi connectivity index (χ1) is 4.20. The first kappa shape index (κ1) is 7.32. The Balaban J connectivity index is 2.09. The lowest BCUT2D eigenvalue weighted by Gasteiger charge is -2.15. The van der Waals surface area contributed by atoms with Crippen molar-refractivity contribution >= 4 is 11.6 Å². The molecule has 0 aromatic rings. The highest BCUT2D eigenvalue weighted by Gasteiger charge is 2.26. The summed E-state index contributed by atoms with van der Waals surface area (Å²) in [4.78, 5) is 1.99. The molecule has 1 aliphatic rings. The van der Waals surface area contributed by atoms with Gasteiger partial charge in [-0.3, -0.25) is 4.90 Å². The van der Waals surface area contributed by atoms with Crippen molar-refractivity contribution < 1.29 is 4.74 Å². The summed E-state index contributed by atoms with van der Waals surface area (Å²) in [6.07, 6.45) is 1.39. The summed E-state index contributed by atoms with van der Waals surface area (Å²) in [6, 6.07) is 0. The van der Waals surface area contributed by atoms with E-state index < -0.39 is 0 Å². The Bertz CT molecular complexity index is 93.1. The van der Waals surface area contributed by atoms with Crippen LogP contribution in [0.5, 0.6) is 0 Å². The van der Waals surface area contributed by atoms with Crippen molar-refractivity contribution in [3.63, 3.8) is 0 Å². The van der Waals surface area contributed by atoms with Gasteiger partial charge in [-0.25, -0.2) is 0 Å². The van der Waals surface area contributed by atoms with E-state index >= 15 is 0 Å². The van der Waals surface area contributed by atoms with Crippen molar-refractivity contribution in [2.75, 3.05) is 20.7 Å². The number of nitrogens with zero attached hydrogens (tertiary/aromatic N) is 1. The molecule has 0 radical (unpaired) electrons. The lowest BCUT2D eigenvalue weighted by molar-refractivity contribution is 0.316. The van der Waals surface area contributed by atoms with Crippen LogP contribution in [0.1, 0.15) is 6.42 Å². The predicted molar refractivity (Wildman–Crippen MR) is 37.7 cm³/mol. The average molecular weight is 150 g/mol. The maximum absolute atomic E-state index is 5.90. The van der Waals surface area contributed by atoms with Crippen LogP contribution in [0, 0.1) is 0 Å². The molecular formula is C6H12ClNO. The molecule has 0 aromatic heterocycles. The molecule has 1 aliphatic heterocycles. The van der Waals surface area contributed by atoms with Crippen molar-refractivity contribution in [1.82, 2.24) is 4.90 Å². The highest BCUT2D eigenvalue weighted by atomic mass is 35.5. The Labute approximate surface area is 60.7 Å². The summed E-state index contributed by atoms with van der Waals surface area (Å²) in [6.45, 7) is 0.900. The molecule has 1 heterocycles. The monoisotopic (exact) mass is 149 g/mol. The fraction of sp³-hybridized carbons (Fsp3) is 1.00. The number of ether oxygens (including phenoxy) is 1. The number of epoxide rings is 1. The molecular weight excluding hydrogens is 138 g/mol. The predicted octanol–water partition coefficient (Wildman–Crippen LogP) is 0.902. The standard InChI is InChI=1S/C6H12ClNO/c1-8(2)6(7)3-5-4-9-5/h5-6H,3-4H2,1-2H3. The minimum absolute atomic E-state index is 0.137. The highest BCUT2D eigenvalue weighted by molar-refractivity contribution is 6.20. The number of halogens is 1. The summed E-state index contributed by atoms with van der Waals surface area (Å²) in [7, 11) is 3.94. The molecule has 0 spiro atoms. The third-order valence-corrected chi connectivity index (χ3v) is 1.99. The Hall–Kier alpha value is 0.210. The molecule has 1 rings (SSSR count). The van der Waals surface area contributed by atoms with Crippen molar-refractivity contribution in [3.8, 4) is 0 Å². The van der Waals surface area contributed by atoms with E-state index in [1.165, 1.54) is 0 Å². The van der Waals surface area contributed by atoms with Crippen LogP contribution in [0.2, 0.25) is 0 Å². The summed E-state index contributed by atoms with van der Waals surface area (Å²) in [5.74, 6) is 0. The van der Waals surface area contributed by atoms with Gasteiger partial charge in [0.25, 0.3) is 0 Å². The second kappa shape index (κ2) is 2.86. The molecule has 2 nitrogen and oxygen atoms in total. The smallest absolute Gasteiger partial charge is 0.0871 e. The molecule has 1 fully saturated rings. The molecule has 0 saturated carbocycles. The summed E-state index contributed by atoms with van der Waals surface area (Å²) in [5.41, 5.74) is 0.137. The number of alkyl halides is 1. The van der Waals surface area contributed by atoms with Crippen molar-refractivity contribution in [3.05, 3.63) is 0 Å². The van der Waals surface area contributed by atoms with E-state index in [1.54, 1.807) is 0 Å². The van der Waals surface area contributed by atoms with Gasteiger partial charge in [0, 0.05) is 6.42 Å².